The Morgan fingerprint density at radius 3 is 2.70 bits per heavy atom. The number of nitrogens with one attached hydrogen (secondary N) is 1. The Kier molecular flexibility index (Phi) is 5.88. The molecule has 1 N–H and O–H groups in total. The second kappa shape index (κ2) is 7.67. The molecule has 0 aliphatic rings. The van der Waals surface area contributed by atoms with Crippen LogP contribution in [-0.2, 0) is 13.2 Å². The zero-order valence-corrected chi connectivity index (χ0v) is 14.0. The highest BCUT2D eigenvalue weighted by Crippen LogP contribution is 2.31. The van der Waals surface area contributed by atoms with Crippen LogP contribution in [0.15, 0.2) is 34.1 Å². The molecule has 20 heavy (non-hydrogen) atoms. The third-order valence-corrected chi connectivity index (χ3v) is 4.64. The standard InChI is InChI=1S/C15H18BrNO2S/c1-3-18-14-8-11(9-17-2)4-5-13(14)19-10-15-12(16)6-7-20-15/h4-8,17H,3,9-10H2,1-2H3. The van der Waals surface area contributed by atoms with Gasteiger partial charge in [-0.3, -0.25) is 0 Å². The average Bonchev–Trinajstić information content (AvgIpc) is 2.84. The molecule has 0 radical (unpaired) electrons. The van der Waals surface area contributed by atoms with Gasteiger partial charge in [-0.25, -0.2) is 0 Å². The summed E-state index contributed by atoms with van der Waals surface area (Å²) in [5.74, 6) is 1.58. The van der Waals surface area contributed by atoms with Gasteiger partial charge in [0.25, 0.3) is 0 Å². The summed E-state index contributed by atoms with van der Waals surface area (Å²) in [6, 6.07) is 8.08. The van der Waals surface area contributed by atoms with Crippen molar-refractivity contribution in [2.24, 2.45) is 0 Å². The molecule has 108 valence electrons. The molecule has 1 aromatic carbocycles. The van der Waals surface area contributed by atoms with Crippen LogP contribution in [0.1, 0.15) is 17.4 Å². The lowest BCUT2D eigenvalue weighted by atomic mass is 10.2. The van der Waals surface area contributed by atoms with Crippen LogP contribution in [0.5, 0.6) is 11.5 Å². The van der Waals surface area contributed by atoms with Crippen LogP contribution in [0.25, 0.3) is 0 Å². The molecule has 0 unspecified atom stereocenters. The summed E-state index contributed by atoms with van der Waals surface area (Å²) in [5, 5.41) is 5.18. The van der Waals surface area contributed by atoms with Gasteiger partial charge in [0, 0.05) is 11.0 Å². The topological polar surface area (TPSA) is 30.5 Å². The van der Waals surface area contributed by atoms with Crippen LogP contribution in [0.3, 0.4) is 0 Å². The van der Waals surface area contributed by atoms with Gasteiger partial charge >= 0.3 is 0 Å². The van der Waals surface area contributed by atoms with Crippen molar-refractivity contribution < 1.29 is 9.47 Å². The Bertz CT molecular complexity index is 557. The number of hydrogen-bond donors (Lipinski definition) is 1. The first-order chi connectivity index (χ1) is 9.74. The zero-order valence-electron chi connectivity index (χ0n) is 11.6. The molecular formula is C15H18BrNO2S. The summed E-state index contributed by atoms with van der Waals surface area (Å²) in [5.41, 5.74) is 1.18. The molecule has 0 saturated carbocycles. The smallest absolute Gasteiger partial charge is 0.161 e. The average molecular weight is 356 g/mol. The van der Waals surface area contributed by atoms with E-state index in [0.717, 1.165) is 22.5 Å². The zero-order chi connectivity index (χ0) is 14.4. The third kappa shape index (κ3) is 3.98. The van der Waals surface area contributed by atoms with Gasteiger partial charge in [0.05, 0.1) is 11.5 Å². The van der Waals surface area contributed by atoms with Crippen LogP contribution in [0.4, 0.5) is 0 Å². The number of halogens is 1. The van der Waals surface area contributed by atoms with E-state index in [4.69, 9.17) is 9.47 Å². The van der Waals surface area contributed by atoms with Crippen LogP contribution in [-0.4, -0.2) is 13.7 Å². The van der Waals surface area contributed by atoms with Gasteiger partial charge in [0.15, 0.2) is 11.5 Å². The van der Waals surface area contributed by atoms with E-state index in [1.807, 2.05) is 37.6 Å². The monoisotopic (exact) mass is 355 g/mol. The van der Waals surface area contributed by atoms with Gasteiger partial charge in [0.2, 0.25) is 0 Å². The maximum Gasteiger partial charge on any atom is 0.161 e. The maximum atomic E-state index is 5.88. The molecule has 0 aliphatic carbocycles. The summed E-state index contributed by atoms with van der Waals surface area (Å²) in [7, 11) is 1.93. The van der Waals surface area contributed by atoms with E-state index in [1.54, 1.807) is 11.3 Å². The van der Waals surface area contributed by atoms with Gasteiger partial charge in [-0.1, -0.05) is 6.07 Å². The fourth-order valence-electron chi connectivity index (χ4n) is 1.83. The van der Waals surface area contributed by atoms with Crippen molar-refractivity contribution in [2.75, 3.05) is 13.7 Å². The molecule has 1 heterocycles. The molecule has 1 aromatic heterocycles. The van der Waals surface area contributed by atoms with Crippen molar-refractivity contribution in [3.63, 3.8) is 0 Å². The number of hydrogen-bond acceptors (Lipinski definition) is 4. The molecule has 2 rings (SSSR count). The van der Waals surface area contributed by atoms with E-state index in [9.17, 15) is 0 Å². The Morgan fingerprint density at radius 2 is 2.05 bits per heavy atom. The Hall–Kier alpha value is -1.04. The van der Waals surface area contributed by atoms with Crippen molar-refractivity contribution >= 4 is 27.3 Å². The minimum atomic E-state index is 0.545. The van der Waals surface area contributed by atoms with Crippen molar-refractivity contribution in [1.29, 1.82) is 0 Å². The first-order valence-corrected chi connectivity index (χ1v) is 8.16. The molecule has 2 aromatic rings. The molecule has 0 atom stereocenters. The molecule has 0 spiro atoms. The van der Waals surface area contributed by atoms with E-state index in [1.165, 1.54) is 10.4 Å². The lowest BCUT2D eigenvalue weighted by molar-refractivity contribution is 0.270. The van der Waals surface area contributed by atoms with Crippen molar-refractivity contribution in [3.8, 4) is 11.5 Å². The normalized spacial score (nSPS) is 10.6. The first-order valence-electron chi connectivity index (χ1n) is 6.49. The number of rotatable bonds is 7. The Morgan fingerprint density at radius 1 is 1.20 bits per heavy atom. The van der Waals surface area contributed by atoms with E-state index >= 15 is 0 Å². The van der Waals surface area contributed by atoms with Crippen molar-refractivity contribution in [2.45, 2.75) is 20.1 Å². The predicted molar refractivity (Wildman–Crippen MR) is 86.7 cm³/mol. The van der Waals surface area contributed by atoms with E-state index < -0.39 is 0 Å². The molecule has 0 amide bonds. The molecule has 0 aliphatic heterocycles. The molecular weight excluding hydrogens is 338 g/mol. The summed E-state index contributed by atoms with van der Waals surface area (Å²) in [6.45, 7) is 3.97. The highest BCUT2D eigenvalue weighted by atomic mass is 79.9. The number of ether oxygens (including phenoxy) is 2. The Labute approximate surface area is 132 Å². The molecule has 5 heteroatoms. The van der Waals surface area contributed by atoms with Gasteiger partial charge in [-0.2, -0.15) is 0 Å². The minimum absolute atomic E-state index is 0.545. The SMILES string of the molecule is CCOc1cc(CNC)ccc1OCc1sccc1Br. The predicted octanol–water partition coefficient (Wildman–Crippen LogP) is 4.21. The van der Waals surface area contributed by atoms with Gasteiger partial charge in [-0.15, -0.1) is 11.3 Å². The number of thiophene rings is 1. The van der Waals surface area contributed by atoms with Gasteiger partial charge in [0.1, 0.15) is 6.61 Å². The summed E-state index contributed by atoms with van der Waals surface area (Å²) in [6.07, 6.45) is 0. The molecule has 0 bridgehead atoms. The summed E-state index contributed by atoms with van der Waals surface area (Å²) >= 11 is 5.19. The van der Waals surface area contributed by atoms with E-state index in [2.05, 4.69) is 27.3 Å². The summed E-state index contributed by atoms with van der Waals surface area (Å²) in [4.78, 5) is 1.17. The van der Waals surface area contributed by atoms with Crippen molar-refractivity contribution in [1.82, 2.24) is 5.32 Å². The molecule has 0 saturated heterocycles. The van der Waals surface area contributed by atoms with E-state index in [0.29, 0.717) is 13.2 Å². The highest BCUT2D eigenvalue weighted by molar-refractivity contribution is 9.10. The quantitative estimate of drug-likeness (QED) is 0.806. The highest BCUT2D eigenvalue weighted by Gasteiger charge is 2.08. The maximum absolute atomic E-state index is 5.88. The second-order valence-corrected chi connectivity index (χ2v) is 6.08. The van der Waals surface area contributed by atoms with Gasteiger partial charge < -0.3 is 14.8 Å². The lowest BCUT2D eigenvalue weighted by Gasteiger charge is -2.13. The minimum Gasteiger partial charge on any atom is -0.490 e. The Balaban J connectivity index is 2.11. The van der Waals surface area contributed by atoms with Crippen LogP contribution in [0, 0.1) is 0 Å². The lowest BCUT2D eigenvalue weighted by Crippen LogP contribution is -2.06. The largest absolute Gasteiger partial charge is 0.490 e. The van der Waals surface area contributed by atoms with Gasteiger partial charge in [-0.05, 0) is 59.0 Å². The first kappa shape index (κ1) is 15.4. The number of benzene rings is 1. The van der Waals surface area contributed by atoms with Crippen LogP contribution in [0.2, 0.25) is 0 Å². The fraction of sp³-hybridized carbons (Fsp3) is 0.333. The van der Waals surface area contributed by atoms with E-state index in [-0.39, 0.29) is 0 Å². The fourth-order valence-corrected chi connectivity index (χ4v) is 3.20. The third-order valence-electron chi connectivity index (χ3n) is 2.74. The van der Waals surface area contributed by atoms with Crippen LogP contribution >= 0.6 is 27.3 Å². The molecule has 0 fully saturated rings. The van der Waals surface area contributed by atoms with Crippen molar-refractivity contribution in [3.05, 3.63) is 44.6 Å². The second-order valence-electron chi connectivity index (χ2n) is 4.22. The summed E-state index contributed by atoms with van der Waals surface area (Å²) < 4.78 is 12.6. The molecule has 3 nitrogen and oxygen atoms in total. The van der Waals surface area contributed by atoms with Crippen LogP contribution < -0.4 is 14.8 Å².